The highest BCUT2D eigenvalue weighted by Gasteiger charge is 2.22. The van der Waals surface area contributed by atoms with E-state index in [-0.39, 0.29) is 5.69 Å². The Morgan fingerprint density at radius 2 is 1.86 bits per heavy atom. The van der Waals surface area contributed by atoms with Gasteiger partial charge in [-0.3, -0.25) is 14.5 Å². The predicted molar refractivity (Wildman–Crippen MR) is 109 cm³/mol. The number of rotatable bonds is 5. The van der Waals surface area contributed by atoms with Crippen LogP contribution in [0.3, 0.4) is 0 Å². The molecular weight excluding hydrogens is 373 g/mol. The predicted octanol–water partition coefficient (Wildman–Crippen LogP) is 3.31. The summed E-state index contributed by atoms with van der Waals surface area (Å²) in [5, 5.41) is 5.13. The van der Waals surface area contributed by atoms with E-state index in [4.69, 9.17) is 4.42 Å². The molecular formula is C22H28FN3O3. The second kappa shape index (κ2) is 9.22. The van der Waals surface area contributed by atoms with E-state index in [1.807, 2.05) is 13.8 Å². The summed E-state index contributed by atoms with van der Waals surface area (Å²) in [6.45, 7) is 8.80. The van der Waals surface area contributed by atoms with Gasteiger partial charge in [-0.2, -0.15) is 0 Å². The number of nitrogens with zero attached hydrogens (tertiary/aromatic N) is 1. The molecule has 1 saturated heterocycles. The smallest absolute Gasteiger partial charge is 0.313 e. The van der Waals surface area contributed by atoms with Crippen molar-refractivity contribution in [2.24, 2.45) is 5.92 Å². The van der Waals surface area contributed by atoms with Crippen molar-refractivity contribution in [2.45, 2.75) is 40.2 Å². The van der Waals surface area contributed by atoms with Gasteiger partial charge in [-0.25, -0.2) is 4.39 Å². The number of furan rings is 1. The monoisotopic (exact) mass is 401 g/mol. The summed E-state index contributed by atoms with van der Waals surface area (Å²) < 4.78 is 19.1. The zero-order chi connectivity index (χ0) is 21.0. The van der Waals surface area contributed by atoms with Crippen LogP contribution in [0.25, 0.3) is 0 Å². The molecule has 2 N–H and O–H groups in total. The Morgan fingerprint density at radius 3 is 2.48 bits per heavy atom. The summed E-state index contributed by atoms with van der Waals surface area (Å²) in [4.78, 5) is 26.4. The van der Waals surface area contributed by atoms with Crippen molar-refractivity contribution in [3.05, 3.63) is 52.7 Å². The zero-order valence-corrected chi connectivity index (χ0v) is 17.2. The summed E-state index contributed by atoms with van der Waals surface area (Å²) in [5.74, 6) is 0.343. The Balaban J connectivity index is 1.40. The Labute approximate surface area is 170 Å². The summed E-state index contributed by atoms with van der Waals surface area (Å²) in [5.41, 5.74) is 1.97. The minimum Gasteiger partial charge on any atom is -0.466 e. The first-order valence-corrected chi connectivity index (χ1v) is 9.95. The highest BCUT2D eigenvalue weighted by Crippen LogP contribution is 2.21. The fourth-order valence-corrected chi connectivity index (χ4v) is 3.61. The third-order valence-corrected chi connectivity index (χ3v) is 5.43. The van der Waals surface area contributed by atoms with Crippen LogP contribution in [0.2, 0.25) is 0 Å². The standard InChI is InChI=1S/C22H28FN3O3/c1-14-4-5-19(11-20(14)23)25-22(28)21(27)24-12-17-6-8-26(9-7-17)13-18-10-15(2)29-16(18)3/h4-5,10-11,17H,6-9,12-13H2,1-3H3,(H,24,27)(H,25,28). The van der Waals surface area contributed by atoms with E-state index in [1.54, 1.807) is 19.1 Å². The summed E-state index contributed by atoms with van der Waals surface area (Å²) in [6.07, 6.45) is 1.92. The second-order valence-corrected chi connectivity index (χ2v) is 7.79. The molecule has 156 valence electrons. The topological polar surface area (TPSA) is 74.6 Å². The van der Waals surface area contributed by atoms with Gasteiger partial charge in [0.05, 0.1) is 0 Å². The second-order valence-electron chi connectivity index (χ2n) is 7.79. The fraction of sp³-hybridized carbons (Fsp3) is 0.455. The number of anilines is 1. The number of amides is 2. The molecule has 6 nitrogen and oxygen atoms in total. The van der Waals surface area contributed by atoms with Crippen molar-refractivity contribution in [3.63, 3.8) is 0 Å². The molecule has 3 rings (SSSR count). The molecule has 1 aromatic carbocycles. The number of carbonyl (C=O) groups excluding carboxylic acids is 2. The third kappa shape index (κ3) is 5.67. The lowest BCUT2D eigenvalue weighted by Gasteiger charge is -2.31. The molecule has 29 heavy (non-hydrogen) atoms. The largest absolute Gasteiger partial charge is 0.466 e. The fourth-order valence-electron chi connectivity index (χ4n) is 3.61. The Kier molecular flexibility index (Phi) is 6.69. The van der Waals surface area contributed by atoms with Gasteiger partial charge in [-0.1, -0.05) is 6.07 Å². The number of likely N-dealkylation sites (tertiary alicyclic amines) is 1. The Bertz CT molecular complexity index is 885. The van der Waals surface area contributed by atoms with E-state index in [1.165, 1.54) is 11.6 Å². The summed E-state index contributed by atoms with van der Waals surface area (Å²) in [7, 11) is 0. The number of nitrogens with one attached hydrogen (secondary N) is 2. The van der Waals surface area contributed by atoms with Crippen molar-refractivity contribution in [1.29, 1.82) is 0 Å². The molecule has 1 fully saturated rings. The van der Waals surface area contributed by atoms with E-state index in [9.17, 15) is 14.0 Å². The lowest BCUT2D eigenvalue weighted by molar-refractivity contribution is -0.136. The minimum absolute atomic E-state index is 0.270. The van der Waals surface area contributed by atoms with E-state index >= 15 is 0 Å². The van der Waals surface area contributed by atoms with Crippen molar-refractivity contribution in [3.8, 4) is 0 Å². The molecule has 0 radical (unpaired) electrons. The van der Waals surface area contributed by atoms with Crippen molar-refractivity contribution in [2.75, 3.05) is 25.0 Å². The first-order valence-electron chi connectivity index (χ1n) is 9.95. The van der Waals surface area contributed by atoms with Gasteiger partial charge < -0.3 is 15.1 Å². The summed E-state index contributed by atoms with van der Waals surface area (Å²) >= 11 is 0. The number of hydrogen-bond donors (Lipinski definition) is 2. The number of aryl methyl sites for hydroxylation is 3. The number of benzene rings is 1. The van der Waals surface area contributed by atoms with Gasteiger partial charge in [-0.05, 0) is 76.4 Å². The molecule has 0 bridgehead atoms. The molecule has 2 aromatic rings. The molecule has 1 aliphatic rings. The first kappa shape index (κ1) is 21.0. The maximum atomic E-state index is 13.6. The highest BCUT2D eigenvalue weighted by atomic mass is 19.1. The third-order valence-electron chi connectivity index (χ3n) is 5.43. The first-order chi connectivity index (χ1) is 13.8. The SMILES string of the molecule is Cc1cc(CN2CCC(CNC(=O)C(=O)Nc3ccc(C)c(F)c3)CC2)c(C)o1. The minimum atomic E-state index is -0.781. The van der Waals surface area contributed by atoms with Crippen molar-refractivity contribution >= 4 is 17.5 Å². The molecule has 0 spiro atoms. The highest BCUT2D eigenvalue weighted by molar-refractivity contribution is 6.39. The van der Waals surface area contributed by atoms with E-state index in [2.05, 4.69) is 21.6 Å². The quantitative estimate of drug-likeness (QED) is 0.754. The number of piperidine rings is 1. The number of hydrogen-bond acceptors (Lipinski definition) is 4. The van der Waals surface area contributed by atoms with Crippen LogP contribution < -0.4 is 10.6 Å². The van der Waals surface area contributed by atoms with Crippen molar-refractivity contribution in [1.82, 2.24) is 10.2 Å². The van der Waals surface area contributed by atoms with Gasteiger partial charge in [0.2, 0.25) is 0 Å². The van der Waals surface area contributed by atoms with Crippen molar-refractivity contribution < 1.29 is 18.4 Å². The van der Waals surface area contributed by atoms with Gasteiger partial charge >= 0.3 is 11.8 Å². The number of halogens is 1. The zero-order valence-electron chi connectivity index (χ0n) is 17.2. The Morgan fingerprint density at radius 1 is 1.14 bits per heavy atom. The molecule has 0 saturated carbocycles. The van der Waals surface area contributed by atoms with Crippen LogP contribution in [0.5, 0.6) is 0 Å². The lowest BCUT2D eigenvalue weighted by Crippen LogP contribution is -2.41. The molecule has 2 amide bonds. The molecule has 2 heterocycles. The molecule has 7 heteroatoms. The van der Waals surface area contributed by atoms with E-state index < -0.39 is 17.6 Å². The van der Waals surface area contributed by atoms with Crippen LogP contribution in [0, 0.1) is 32.5 Å². The van der Waals surface area contributed by atoms with Crippen LogP contribution >= 0.6 is 0 Å². The maximum absolute atomic E-state index is 13.6. The average molecular weight is 401 g/mol. The van der Waals surface area contributed by atoms with Crippen LogP contribution in [0.4, 0.5) is 10.1 Å². The molecule has 1 aliphatic heterocycles. The van der Waals surface area contributed by atoms with Gasteiger partial charge in [0.25, 0.3) is 0 Å². The van der Waals surface area contributed by atoms with Crippen LogP contribution in [0.15, 0.2) is 28.7 Å². The van der Waals surface area contributed by atoms with Gasteiger partial charge in [-0.15, -0.1) is 0 Å². The normalized spacial score (nSPS) is 15.3. The van der Waals surface area contributed by atoms with Gasteiger partial charge in [0, 0.05) is 24.3 Å². The van der Waals surface area contributed by atoms with Crippen LogP contribution in [0.1, 0.15) is 35.5 Å². The number of carbonyl (C=O) groups is 2. The summed E-state index contributed by atoms with van der Waals surface area (Å²) in [6, 6.07) is 6.42. The maximum Gasteiger partial charge on any atom is 0.313 e. The molecule has 0 atom stereocenters. The lowest BCUT2D eigenvalue weighted by atomic mass is 9.96. The molecule has 1 aromatic heterocycles. The molecule has 0 unspecified atom stereocenters. The van der Waals surface area contributed by atoms with E-state index in [0.29, 0.717) is 18.0 Å². The van der Waals surface area contributed by atoms with Gasteiger partial charge in [0.15, 0.2) is 0 Å². The average Bonchev–Trinajstić information content (AvgIpc) is 3.00. The van der Waals surface area contributed by atoms with Crippen LogP contribution in [-0.4, -0.2) is 36.3 Å². The molecule has 0 aliphatic carbocycles. The van der Waals surface area contributed by atoms with E-state index in [0.717, 1.165) is 44.0 Å². The van der Waals surface area contributed by atoms with Gasteiger partial charge in [0.1, 0.15) is 17.3 Å². The Hall–Kier alpha value is -2.67. The van der Waals surface area contributed by atoms with Crippen LogP contribution in [-0.2, 0) is 16.1 Å².